The number of hydrogen-bond acceptors (Lipinski definition) is 10. The Morgan fingerprint density at radius 1 is 1.00 bits per heavy atom. The van der Waals surface area contributed by atoms with Crippen molar-refractivity contribution < 1.29 is 28.9 Å². The minimum Gasteiger partial charge on any atom is -0.507 e. The predicted molar refractivity (Wildman–Crippen MR) is 194 cm³/mol. The van der Waals surface area contributed by atoms with E-state index < -0.39 is 17.7 Å². The van der Waals surface area contributed by atoms with E-state index >= 15 is 0 Å². The molecule has 0 spiro atoms. The molecule has 0 aliphatic carbocycles. The van der Waals surface area contributed by atoms with Crippen molar-refractivity contribution >= 4 is 57.3 Å². The summed E-state index contributed by atoms with van der Waals surface area (Å²) in [7, 11) is 0. The first-order valence-electron chi connectivity index (χ1n) is 16.0. The van der Waals surface area contributed by atoms with Crippen molar-refractivity contribution in [2.24, 2.45) is 0 Å². The molecule has 0 radical (unpaired) electrons. The highest BCUT2D eigenvalue weighted by Crippen LogP contribution is 2.46. The molecule has 9 nitrogen and oxygen atoms in total. The second-order valence-corrected chi connectivity index (χ2v) is 14.4. The molecule has 1 N–H and O–H groups in total. The number of Topliss-reactive ketones (excluding diaryl/α,β-unsaturated/α-hetero) is 1. The highest BCUT2D eigenvalue weighted by molar-refractivity contribution is 8.00. The average molecular weight is 726 g/mol. The molecule has 5 aromatic rings. The zero-order valence-corrected chi connectivity index (χ0v) is 29.6. The number of aliphatic hydroxyl groups excluding tert-OH is 1. The number of aliphatic hydroxyl groups is 1. The van der Waals surface area contributed by atoms with E-state index in [1.807, 2.05) is 68.4 Å². The van der Waals surface area contributed by atoms with Crippen LogP contribution in [0.15, 0.2) is 101 Å². The molecule has 254 valence electrons. The maximum atomic E-state index is 13.9. The van der Waals surface area contributed by atoms with Crippen molar-refractivity contribution in [3.05, 3.63) is 129 Å². The molecule has 0 saturated carbocycles. The Morgan fingerprint density at radius 3 is 2.60 bits per heavy atom. The lowest BCUT2D eigenvalue weighted by atomic mass is 9.94. The normalized spacial score (nSPS) is 17.9. The minimum atomic E-state index is -1.03. The number of fused-ring (bicyclic) bond motifs is 1. The summed E-state index contributed by atoms with van der Waals surface area (Å²) >= 11 is 8.97. The first-order chi connectivity index (χ1) is 24.3. The number of carbonyl (C=O) groups excluding carboxylic acids is 2. The fourth-order valence-corrected chi connectivity index (χ4v) is 8.15. The van der Waals surface area contributed by atoms with Gasteiger partial charge in [-0.3, -0.25) is 14.5 Å². The van der Waals surface area contributed by atoms with Gasteiger partial charge in [-0.05, 0) is 72.5 Å². The van der Waals surface area contributed by atoms with E-state index in [0.29, 0.717) is 57.4 Å². The number of nitrogens with zero attached hydrogens (tertiary/aromatic N) is 3. The quantitative estimate of drug-likeness (QED) is 0.0472. The smallest absolute Gasteiger partial charge is 0.301 e. The number of hydrogen-bond donors (Lipinski definition) is 1. The first kappa shape index (κ1) is 33.6. The molecule has 3 heterocycles. The first-order valence-corrected chi connectivity index (χ1v) is 18.2. The van der Waals surface area contributed by atoms with Gasteiger partial charge in [-0.25, -0.2) is 0 Å². The van der Waals surface area contributed by atoms with Gasteiger partial charge in [0.25, 0.3) is 5.78 Å². The predicted octanol–water partition coefficient (Wildman–Crippen LogP) is 8.41. The summed E-state index contributed by atoms with van der Waals surface area (Å²) in [4.78, 5) is 29.1. The van der Waals surface area contributed by atoms with Gasteiger partial charge in [-0.1, -0.05) is 89.3 Å². The number of thioether (sulfide) groups is 1. The number of aromatic nitrogens is 2. The fraction of sp³-hybridized carbons (Fsp3) is 0.211. The summed E-state index contributed by atoms with van der Waals surface area (Å²) in [6.45, 7) is 4.50. The maximum absolute atomic E-state index is 13.9. The number of amides is 1. The molecule has 2 aliphatic rings. The third-order valence-corrected chi connectivity index (χ3v) is 10.8. The number of carbonyl (C=O) groups is 2. The highest BCUT2D eigenvalue weighted by atomic mass is 35.5. The van der Waals surface area contributed by atoms with Crippen molar-refractivity contribution in [3.63, 3.8) is 0 Å². The summed E-state index contributed by atoms with van der Waals surface area (Å²) in [6.07, 6.45) is 0.658. The van der Waals surface area contributed by atoms with E-state index in [1.54, 1.807) is 36.4 Å². The van der Waals surface area contributed by atoms with E-state index in [0.717, 1.165) is 22.4 Å². The van der Waals surface area contributed by atoms with Crippen LogP contribution in [0, 0.1) is 0 Å². The Kier molecular flexibility index (Phi) is 9.80. The molecule has 1 fully saturated rings. The maximum Gasteiger partial charge on any atom is 0.301 e. The van der Waals surface area contributed by atoms with E-state index in [9.17, 15) is 14.7 Å². The number of anilines is 1. The number of halogens is 1. The van der Waals surface area contributed by atoms with E-state index in [1.165, 1.54) is 28.0 Å². The van der Waals surface area contributed by atoms with Crippen molar-refractivity contribution in [2.45, 2.75) is 49.1 Å². The second-order valence-electron chi connectivity index (χ2n) is 11.8. The molecule has 1 saturated heterocycles. The molecule has 12 heteroatoms. The number of ketones is 1. The topological polar surface area (TPSA) is 111 Å². The zero-order chi connectivity index (χ0) is 34.8. The molecule has 1 aromatic heterocycles. The average Bonchev–Trinajstić information content (AvgIpc) is 3.82. The highest BCUT2D eigenvalue weighted by Gasteiger charge is 2.48. The van der Waals surface area contributed by atoms with E-state index in [2.05, 4.69) is 10.2 Å². The van der Waals surface area contributed by atoms with E-state index in [-0.39, 0.29) is 22.6 Å². The Labute approximate surface area is 302 Å². The van der Waals surface area contributed by atoms with Crippen LogP contribution in [-0.2, 0) is 28.4 Å². The van der Waals surface area contributed by atoms with Crippen LogP contribution in [-0.4, -0.2) is 39.7 Å². The summed E-state index contributed by atoms with van der Waals surface area (Å²) in [5.74, 6) is 0.255. The molecule has 0 bridgehead atoms. The number of rotatable bonds is 11. The van der Waals surface area contributed by atoms with Gasteiger partial charge in [0.1, 0.15) is 24.2 Å². The minimum absolute atomic E-state index is 0.00466. The lowest BCUT2D eigenvalue weighted by Gasteiger charge is -2.24. The molecule has 7 rings (SSSR count). The van der Waals surface area contributed by atoms with Crippen LogP contribution in [0.2, 0.25) is 5.02 Å². The second kappa shape index (κ2) is 14.6. The van der Waals surface area contributed by atoms with Gasteiger partial charge < -0.3 is 19.3 Å². The Morgan fingerprint density at radius 2 is 1.80 bits per heavy atom. The van der Waals surface area contributed by atoms with Crippen LogP contribution in [0.5, 0.6) is 17.2 Å². The van der Waals surface area contributed by atoms with Crippen molar-refractivity contribution in [3.8, 4) is 17.2 Å². The van der Waals surface area contributed by atoms with Crippen molar-refractivity contribution in [1.29, 1.82) is 0 Å². The zero-order valence-electron chi connectivity index (χ0n) is 27.2. The van der Waals surface area contributed by atoms with Gasteiger partial charge >= 0.3 is 5.91 Å². The molecule has 2 aliphatic heterocycles. The van der Waals surface area contributed by atoms with Gasteiger partial charge in [0.2, 0.25) is 5.13 Å². The van der Waals surface area contributed by atoms with E-state index in [4.69, 9.17) is 25.8 Å². The summed E-state index contributed by atoms with van der Waals surface area (Å²) in [5, 5.41) is 21.4. The fourth-order valence-electron chi connectivity index (χ4n) is 6.00. The Bertz CT molecular complexity index is 2100. The lowest BCUT2D eigenvalue weighted by molar-refractivity contribution is -0.132. The summed E-state index contributed by atoms with van der Waals surface area (Å²) in [6, 6.07) is 26.8. The molecular formula is C38H32ClN3O6S2. The molecule has 2 atom stereocenters. The third-order valence-electron chi connectivity index (χ3n) is 8.35. The number of benzene rings is 4. The molecular weight excluding hydrogens is 694 g/mol. The lowest BCUT2D eigenvalue weighted by Crippen LogP contribution is -2.29. The SMILES string of the molecule is CCOc1cc([C@@H]2C(=C(O)c3ccc4c(c3)C[C@@H](C)O4)C(=O)C(=O)N2c2nnc(SCc3ccccc3Cl)s2)ccc1OCc1ccccc1. The van der Waals surface area contributed by atoms with Gasteiger partial charge in [0.05, 0.1) is 18.2 Å². The van der Waals surface area contributed by atoms with Crippen LogP contribution in [0.25, 0.3) is 5.76 Å². The Balaban J connectivity index is 1.28. The van der Waals surface area contributed by atoms with Gasteiger partial charge in [-0.2, -0.15) is 0 Å². The van der Waals surface area contributed by atoms with Gasteiger partial charge in [-0.15, -0.1) is 10.2 Å². The standard InChI is InChI=1S/C38H32ClN3O6S2/c1-3-46-31-19-24(13-16-30(31)47-20-23-9-5-4-6-10-23)33-32(34(43)25-14-15-29-27(18-25)17-22(2)48-29)35(44)36(45)42(33)37-40-41-38(50-37)49-21-26-11-7-8-12-28(26)39/h4-16,18-19,22,33,43H,3,17,20-21H2,1-2H3/t22-,33-/m1/s1. The van der Waals surface area contributed by atoms with Gasteiger partial charge in [0.15, 0.2) is 15.8 Å². The van der Waals surface area contributed by atoms with Crippen molar-refractivity contribution in [2.75, 3.05) is 11.5 Å². The van der Waals surface area contributed by atoms with Crippen molar-refractivity contribution in [1.82, 2.24) is 10.2 Å². The van der Waals surface area contributed by atoms with Crippen LogP contribution in [0.1, 0.15) is 47.7 Å². The third kappa shape index (κ3) is 6.81. The van der Waals surface area contributed by atoms with Crippen LogP contribution >= 0.6 is 34.7 Å². The summed E-state index contributed by atoms with van der Waals surface area (Å²) in [5.41, 5.74) is 3.70. The molecule has 0 unspecified atom stereocenters. The van der Waals surface area contributed by atoms with Crippen LogP contribution in [0.4, 0.5) is 5.13 Å². The Hall–Kier alpha value is -4.84. The summed E-state index contributed by atoms with van der Waals surface area (Å²) < 4.78 is 18.6. The van der Waals surface area contributed by atoms with Crippen LogP contribution < -0.4 is 19.1 Å². The molecule has 50 heavy (non-hydrogen) atoms. The monoisotopic (exact) mass is 725 g/mol. The van der Waals surface area contributed by atoms with Crippen LogP contribution in [0.3, 0.4) is 0 Å². The van der Waals surface area contributed by atoms with Gasteiger partial charge in [0, 0.05) is 22.8 Å². The number of ether oxygens (including phenoxy) is 3. The molecule has 1 amide bonds. The molecule has 4 aromatic carbocycles. The largest absolute Gasteiger partial charge is 0.507 e.